The van der Waals surface area contributed by atoms with Crippen molar-refractivity contribution in [3.8, 4) is 0 Å². The lowest BCUT2D eigenvalue weighted by atomic mass is 9.90. The number of amides is 1. The monoisotopic (exact) mass is 236 g/mol. The molecule has 1 aliphatic heterocycles. The van der Waals surface area contributed by atoms with Gasteiger partial charge in [0, 0.05) is 11.3 Å². The molecule has 0 bridgehead atoms. The summed E-state index contributed by atoms with van der Waals surface area (Å²) < 4.78 is 0. The predicted molar refractivity (Wildman–Crippen MR) is 67.0 cm³/mol. The van der Waals surface area contributed by atoms with E-state index in [0.29, 0.717) is 5.82 Å². The maximum Gasteiger partial charge on any atom is 0.245 e. The van der Waals surface area contributed by atoms with E-state index in [1.807, 2.05) is 20.8 Å². The van der Waals surface area contributed by atoms with E-state index in [0.717, 1.165) is 37.1 Å². The van der Waals surface area contributed by atoms with Crippen LogP contribution in [0.2, 0.25) is 0 Å². The van der Waals surface area contributed by atoms with E-state index < -0.39 is 5.54 Å². The van der Waals surface area contributed by atoms with Crippen molar-refractivity contribution in [1.29, 1.82) is 0 Å². The minimum atomic E-state index is -0.461. The molecular formula is C12H20N4O. The van der Waals surface area contributed by atoms with Gasteiger partial charge in [0.25, 0.3) is 0 Å². The highest BCUT2D eigenvalue weighted by atomic mass is 16.2. The Hall–Kier alpha value is -1.36. The van der Waals surface area contributed by atoms with Crippen molar-refractivity contribution in [3.05, 3.63) is 11.3 Å². The normalized spacial score (nSPS) is 24.6. The third kappa shape index (κ3) is 2.34. The van der Waals surface area contributed by atoms with Gasteiger partial charge < -0.3 is 10.6 Å². The lowest BCUT2D eigenvalue weighted by molar-refractivity contribution is -0.122. The van der Waals surface area contributed by atoms with Crippen molar-refractivity contribution in [2.24, 2.45) is 0 Å². The molecule has 5 heteroatoms. The molecule has 0 aromatic carbocycles. The number of hydrogen-bond acceptors (Lipinski definition) is 3. The topological polar surface area (TPSA) is 69.8 Å². The summed E-state index contributed by atoms with van der Waals surface area (Å²) >= 11 is 0. The van der Waals surface area contributed by atoms with Gasteiger partial charge in [-0.15, -0.1) is 0 Å². The van der Waals surface area contributed by atoms with Crippen LogP contribution in [0.4, 0.5) is 5.82 Å². The molecule has 1 aromatic heterocycles. The summed E-state index contributed by atoms with van der Waals surface area (Å²) in [4.78, 5) is 12.2. The van der Waals surface area contributed by atoms with Gasteiger partial charge in [0.1, 0.15) is 0 Å². The van der Waals surface area contributed by atoms with Crippen LogP contribution in [0.25, 0.3) is 0 Å². The van der Waals surface area contributed by atoms with Gasteiger partial charge in [-0.3, -0.25) is 9.89 Å². The minimum Gasteiger partial charge on any atom is -0.307 e. The molecule has 5 nitrogen and oxygen atoms in total. The number of nitrogens with one attached hydrogen (secondary N) is 3. The van der Waals surface area contributed by atoms with Crippen LogP contribution < -0.4 is 10.6 Å². The number of aromatic amines is 1. The highest BCUT2D eigenvalue weighted by Gasteiger charge is 2.34. The molecule has 1 amide bonds. The fraction of sp³-hybridized carbons (Fsp3) is 0.667. The zero-order valence-electron chi connectivity index (χ0n) is 10.7. The number of aromatic nitrogens is 2. The Morgan fingerprint density at radius 2 is 2.18 bits per heavy atom. The fourth-order valence-electron chi connectivity index (χ4n) is 2.10. The fourth-order valence-corrected chi connectivity index (χ4v) is 2.10. The largest absolute Gasteiger partial charge is 0.307 e. The van der Waals surface area contributed by atoms with Gasteiger partial charge in [-0.1, -0.05) is 0 Å². The van der Waals surface area contributed by atoms with E-state index in [9.17, 15) is 4.79 Å². The summed E-state index contributed by atoms with van der Waals surface area (Å²) in [5, 5.41) is 13.2. The SMILES string of the molecule is Cc1[nH]nc(NC(=O)C2(C)CCCCN2)c1C. The van der Waals surface area contributed by atoms with Gasteiger partial charge in [0.15, 0.2) is 5.82 Å². The second-order valence-corrected chi connectivity index (χ2v) is 4.99. The Balaban J connectivity index is 2.08. The van der Waals surface area contributed by atoms with Crippen molar-refractivity contribution in [1.82, 2.24) is 15.5 Å². The van der Waals surface area contributed by atoms with E-state index in [2.05, 4.69) is 20.8 Å². The Morgan fingerprint density at radius 1 is 1.41 bits per heavy atom. The zero-order valence-corrected chi connectivity index (χ0v) is 10.7. The number of carbonyl (C=O) groups is 1. The van der Waals surface area contributed by atoms with E-state index in [1.165, 1.54) is 0 Å². The molecule has 1 atom stereocenters. The van der Waals surface area contributed by atoms with Crippen molar-refractivity contribution in [3.63, 3.8) is 0 Å². The molecule has 3 N–H and O–H groups in total. The number of H-pyrrole nitrogens is 1. The van der Waals surface area contributed by atoms with Crippen molar-refractivity contribution in [2.75, 3.05) is 11.9 Å². The number of aryl methyl sites for hydroxylation is 1. The minimum absolute atomic E-state index is 0.00630. The first-order valence-corrected chi connectivity index (χ1v) is 6.11. The molecule has 1 aromatic rings. The second-order valence-electron chi connectivity index (χ2n) is 4.99. The molecule has 1 aliphatic rings. The summed E-state index contributed by atoms with van der Waals surface area (Å²) in [5.74, 6) is 0.646. The number of nitrogens with zero attached hydrogens (tertiary/aromatic N) is 1. The van der Waals surface area contributed by atoms with Crippen LogP contribution in [0.3, 0.4) is 0 Å². The van der Waals surface area contributed by atoms with Crippen molar-refractivity contribution >= 4 is 11.7 Å². The molecule has 94 valence electrons. The Bertz CT molecular complexity index is 418. The Morgan fingerprint density at radius 3 is 2.71 bits per heavy atom. The van der Waals surface area contributed by atoms with Crippen LogP contribution in [0, 0.1) is 13.8 Å². The number of hydrogen-bond donors (Lipinski definition) is 3. The molecule has 0 saturated carbocycles. The van der Waals surface area contributed by atoms with E-state index >= 15 is 0 Å². The smallest absolute Gasteiger partial charge is 0.245 e. The molecule has 1 unspecified atom stereocenters. The molecule has 17 heavy (non-hydrogen) atoms. The third-order valence-electron chi connectivity index (χ3n) is 3.60. The number of anilines is 1. The van der Waals surface area contributed by atoms with Crippen molar-refractivity contribution in [2.45, 2.75) is 45.6 Å². The third-order valence-corrected chi connectivity index (χ3v) is 3.60. The maximum absolute atomic E-state index is 12.2. The lowest BCUT2D eigenvalue weighted by Crippen LogP contribution is -2.54. The summed E-state index contributed by atoms with van der Waals surface area (Å²) in [7, 11) is 0. The number of carbonyl (C=O) groups excluding carboxylic acids is 1. The molecule has 0 radical (unpaired) electrons. The second kappa shape index (κ2) is 4.49. The number of rotatable bonds is 2. The van der Waals surface area contributed by atoms with Gasteiger partial charge in [-0.25, -0.2) is 0 Å². The molecular weight excluding hydrogens is 216 g/mol. The highest BCUT2D eigenvalue weighted by molar-refractivity contribution is 5.97. The summed E-state index contributed by atoms with van der Waals surface area (Å²) in [6.45, 7) is 6.75. The van der Waals surface area contributed by atoms with Crippen LogP contribution in [0.15, 0.2) is 0 Å². The first kappa shape index (κ1) is 12.1. The van der Waals surface area contributed by atoms with E-state index in [4.69, 9.17) is 0 Å². The molecule has 2 heterocycles. The summed E-state index contributed by atoms with van der Waals surface area (Å²) in [6, 6.07) is 0. The van der Waals surface area contributed by atoms with Gasteiger partial charge in [-0.2, -0.15) is 5.10 Å². The van der Waals surface area contributed by atoms with Crippen molar-refractivity contribution < 1.29 is 4.79 Å². The van der Waals surface area contributed by atoms with Crippen LogP contribution in [-0.2, 0) is 4.79 Å². The zero-order chi connectivity index (χ0) is 12.5. The molecule has 2 rings (SSSR count). The quantitative estimate of drug-likeness (QED) is 0.728. The number of piperidine rings is 1. The van der Waals surface area contributed by atoms with Crippen LogP contribution in [-0.4, -0.2) is 28.2 Å². The lowest BCUT2D eigenvalue weighted by Gasteiger charge is -2.33. The summed E-state index contributed by atoms with van der Waals surface area (Å²) in [6.07, 6.45) is 3.11. The van der Waals surface area contributed by atoms with E-state index in [1.54, 1.807) is 0 Å². The van der Waals surface area contributed by atoms with Gasteiger partial charge in [0.2, 0.25) is 5.91 Å². The Labute approximate surface area is 101 Å². The van der Waals surface area contributed by atoms with Crippen LogP contribution >= 0.6 is 0 Å². The average Bonchev–Trinajstić information content (AvgIpc) is 2.62. The average molecular weight is 236 g/mol. The molecule has 0 aliphatic carbocycles. The first-order valence-electron chi connectivity index (χ1n) is 6.11. The molecule has 1 fully saturated rings. The van der Waals surface area contributed by atoms with E-state index in [-0.39, 0.29) is 5.91 Å². The maximum atomic E-state index is 12.2. The summed E-state index contributed by atoms with van der Waals surface area (Å²) in [5.41, 5.74) is 1.53. The molecule has 1 saturated heterocycles. The standard InChI is InChI=1S/C12H20N4O/c1-8-9(2)15-16-10(8)14-11(17)12(3)6-4-5-7-13-12/h13H,4-7H2,1-3H3,(H2,14,15,16,17). The van der Waals surface area contributed by atoms with Gasteiger partial charge >= 0.3 is 0 Å². The van der Waals surface area contributed by atoms with Gasteiger partial charge in [-0.05, 0) is 46.6 Å². The predicted octanol–water partition coefficient (Wildman–Crippen LogP) is 1.50. The Kier molecular flexibility index (Phi) is 3.19. The first-order chi connectivity index (χ1) is 8.03. The van der Waals surface area contributed by atoms with Crippen LogP contribution in [0.1, 0.15) is 37.4 Å². The van der Waals surface area contributed by atoms with Crippen LogP contribution in [0.5, 0.6) is 0 Å². The van der Waals surface area contributed by atoms with Gasteiger partial charge in [0.05, 0.1) is 5.54 Å². The highest BCUT2D eigenvalue weighted by Crippen LogP contribution is 2.22. The molecule has 0 spiro atoms.